The highest BCUT2D eigenvalue weighted by atomic mass is 16.4. The second-order valence-corrected chi connectivity index (χ2v) is 9.82. The lowest BCUT2D eigenvalue weighted by Crippen LogP contribution is -2.60. The van der Waals surface area contributed by atoms with Gasteiger partial charge in [0.2, 0.25) is 11.9 Å². The van der Waals surface area contributed by atoms with Crippen LogP contribution in [0, 0.1) is 0 Å². The van der Waals surface area contributed by atoms with Gasteiger partial charge in [-0.05, 0) is 38.5 Å². The van der Waals surface area contributed by atoms with E-state index in [0.717, 1.165) is 25.7 Å². The number of likely N-dealkylation sites (N-methyl/N-ethyl adjacent to an activating group) is 1. The van der Waals surface area contributed by atoms with E-state index in [1.807, 2.05) is 28.1 Å². The molecule has 0 saturated carbocycles. The zero-order valence-electron chi connectivity index (χ0n) is 21.1. The van der Waals surface area contributed by atoms with Crippen LogP contribution < -0.4 is 5.32 Å². The lowest BCUT2D eigenvalue weighted by Gasteiger charge is -2.36. The van der Waals surface area contributed by atoms with E-state index in [1.54, 1.807) is 0 Å². The summed E-state index contributed by atoms with van der Waals surface area (Å²) in [6.45, 7) is 4.19. The first-order valence-corrected chi connectivity index (χ1v) is 12.7. The van der Waals surface area contributed by atoms with Crippen LogP contribution in [0.4, 0.5) is 0 Å². The van der Waals surface area contributed by atoms with Gasteiger partial charge in [0.05, 0.1) is 27.2 Å². The Morgan fingerprint density at radius 3 is 1.74 bits per heavy atom. The predicted octanol–water partition coefficient (Wildman–Crippen LogP) is 6.08. The number of quaternary nitrogens is 1. The quantitative estimate of drug-likeness (QED) is 0.137. The fourth-order valence-electron chi connectivity index (χ4n) is 4.08. The predicted molar refractivity (Wildman–Crippen MR) is 131 cm³/mol. The van der Waals surface area contributed by atoms with Gasteiger partial charge < -0.3 is 14.9 Å². The Morgan fingerprint density at radius 2 is 1.29 bits per heavy atom. The van der Waals surface area contributed by atoms with Crippen LogP contribution in [0.3, 0.4) is 0 Å². The van der Waals surface area contributed by atoms with Crippen molar-refractivity contribution in [3.05, 3.63) is 12.2 Å². The van der Waals surface area contributed by atoms with Gasteiger partial charge in [0.1, 0.15) is 0 Å². The molecule has 5 nitrogen and oxygen atoms in total. The molecule has 0 saturated heterocycles. The zero-order chi connectivity index (χ0) is 23.5. The standard InChI is InChI=1S/C26H50N2O3/c1-6-8-9-10-11-12-13-14-15-16-17-18-19-20-21-22-24(29)27-23(7-2)25(26(30)31)28(3,4)5/h14-15,23,25H,6-13,16-22H2,1-5H3,(H-,27,29,30,31)/p+1/b15-14-. The summed E-state index contributed by atoms with van der Waals surface area (Å²) in [6, 6.07) is -0.976. The van der Waals surface area contributed by atoms with Gasteiger partial charge in [-0.2, -0.15) is 0 Å². The van der Waals surface area contributed by atoms with Crippen molar-refractivity contribution in [2.75, 3.05) is 21.1 Å². The third-order valence-corrected chi connectivity index (χ3v) is 5.92. The Bertz CT molecular complexity index is 497. The molecule has 0 aromatic heterocycles. The third kappa shape index (κ3) is 16.0. The van der Waals surface area contributed by atoms with Crippen molar-refractivity contribution in [3.63, 3.8) is 0 Å². The molecule has 0 aliphatic carbocycles. The molecule has 0 rings (SSSR count). The van der Waals surface area contributed by atoms with Gasteiger partial charge in [-0.15, -0.1) is 0 Å². The topological polar surface area (TPSA) is 66.4 Å². The number of amides is 1. The van der Waals surface area contributed by atoms with Gasteiger partial charge >= 0.3 is 5.97 Å². The van der Waals surface area contributed by atoms with Crippen molar-refractivity contribution in [1.82, 2.24) is 5.32 Å². The lowest BCUT2D eigenvalue weighted by atomic mass is 10.0. The molecule has 0 aromatic carbocycles. The van der Waals surface area contributed by atoms with Crippen LogP contribution in [0.1, 0.15) is 110 Å². The summed E-state index contributed by atoms with van der Waals surface area (Å²) in [5.41, 5.74) is 0. The van der Waals surface area contributed by atoms with Gasteiger partial charge in [0.15, 0.2) is 0 Å². The molecule has 0 fully saturated rings. The highest BCUT2D eigenvalue weighted by Crippen LogP contribution is 2.13. The summed E-state index contributed by atoms with van der Waals surface area (Å²) in [4.78, 5) is 23.9. The largest absolute Gasteiger partial charge is 0.477 e. The molecule has 0 aliphatic heterocycles. The van der Waals surface area contributed by atoms with Crippen molar-refractivity contribution in [2.24, 2.45) is 0 Å². The number of hydrogen-bond donors (Lipinski definition) is 2. The number of unbranched alkanes of at least 4 members (excludes halogenated alkanes) is 11. The SMILES string of the molecule is CCCCCCCC/C=C\CCCCCCCC(=O)NC(CC)C(C(=O)O)[N+](C)(C)C. The van der Waals surface area contributed by atoms with Crippen LogP contribution >= 0.6 is 0 Å². The molecule has 0 aromatic rings. The number of nitrogens with zero attached hydrogens (tertiary/aromatic N) is 1. The summed E-state index contributed by atoms with van der Waals surface area (Å²) >= 11 is 0. The number of carboxylic acid groups (broad SMARTS) is 1. The Morgan fingerprint density at radius 1 is 0.806 bits per heavy atom. The van der Waals surface area contributed by atoms with E-state index in [1.165, 1.54) is 57.8 Å². The molecule has 0 aliphatic rings. The lowest BCUT2D eigenvalue weighted by molar-refractivity contribution is -0.888. The third-order valence-electron chi connectivity index (χ3n) is 5.92. The van der Waals surface area contributed by atoms with Crippen LogP contribution in [-0.4, -0.2) is 54.7 Å². The summed E-state index contributed by atoms with van der Waals surface area (Å²) in [6.07, 6.45) is 21.8. The fourth-order valence-corrected chi connectivity index (χ4v) is 4.08. The van der Waals surface area contributed by atoms with Crippen molar-refractivity contribution in [2.45, 2.75) is 122 Å². The van der Waals surface area contributed by atoms with E-state index in [0.29, 0.717) is 17.3 Å². The molecule has 182 valence electrons. The minimum Gasteiger partial charge on any atom is -0.477 e. The molecule has 0 heterocycles. The number of carbonyl (C=O) groups excluding carboxylic acids is 1. The first-order valence-electron chi connectivity index (χ1n) is 12.7. The monoisotopic (exact) mass is 439 g/mol. The minimum atomic E-state index is -0.860. The number of rotatable bonds is 20. The number of allylic oxidation sites excluding steroid dienone is 2. The van der Waals surface area contributed by atoms with Crippen LogP contribution in [0.5, 0.6) is 0 Å². The maximum absolute atomic E-state index is 12.3. The molecular weight excluding hydrogens is 388 g/mol. The molecule has 31 heavy (non-hydrogen) atoms. The first kappa shape index (κ1) is 29.6. The highest BCUT2D eigenvalue weighted by molar-refractivity contribution is 5.78. The van der Waals surface area contributed by atoms with E-state index in [-0.39, 0.29) is 11.9 Å². The summed E-state index contributed by atoms with van der Waals surface area (Å²) < 4.78 is 0.293. The van der Waals surface area contributed by atoms with Crippen molar-refractivity contribution in [3.8, 4) is 0 Å². The van der Waals surface area contributed by atoms with Crippen LogP contribution in [0.25, 0.3) is 0 Å². The van der Waals surface area contributed by atoms with Gasteiger partial charge in [0.25, 0.3) is 0 Å². The fraction of sp³-hybridized carbons (Fsp3) is 0.846. The zero-order valence-corrected chi connectivity index (χ0v) is 21.1. The number of carbonyl (C=O) groups is 2. The summed E-state index contributed by atoms with van der Waals surface area (Å²) in [5, 5.41) is 12.5. The average molecular weight is 440 g/mol. The van der Waals surface area contributed by atoms with E-state index in [2.05, 4.69) is 24.4 Å². The second-order valence-electron chi connectivity index (χ2n) is 9.82. The first-order chi connectivity index (χ1) is 14.7. The average Bonchev–Trinajstić information content (AvgIpc) is 2.69. The summed E-state index contributed by atoms with van der Waals surface area (Å²) in [5.74, 6) is -0.884. The van der Waals surface area contributed by atoms with Crippen molar-refractivity contribution < 1.29 is 19.2 Å². The van der Waals surface area contributed by atoms with E-state index in [4.69, 9.17) is 0 Å². The Balaban J connectivity index is 3.79. The Kier molecular flexibility index (Phi) is 17.4. The molecule has 0 radical (unpaired) electrons. The number of hydrogen-bond acceptors (Lipinski definition) is 2. The van der Waals surface area contributed by atoms with Crippen molar-refractivity contribution in [1.29, 1.82) is 0 Å². The Labute approximate surface area is 192 Å². The van der Waals surface area contributed by atoms with Crippen molar-refractivity contribution >= 4 is 11.9 Å². The van der Waals surface area contributed by atoms with Gasteiger partial charge in [-0.3, -0.25) is 4.79 Å². The maximum atomic E-state index is 12.3. The van der Waals surface area contributed by atoms with Crippen LogP contribution in [0.2, 0.25) is 0 Å². The van der Waals surface area contributed by atoms with Crippen LogP contribution in [-0.2, 0) is 9.59 Å². The highest BCUT2D eigenvalue weighted by Gasteiger charge is 2.39. The molecule has 2 N–H and O–H groups in total. The molecule has 0 spiro atoms. The van der Waals surface area contributed by atoms with E-state index >= 15 is 0 Å². The Hall–Kier alpha value is -1.36. The minimum absolute atomic E-state index is 0.0239. The van der Waals surface area contributed by atoms with E-state index in [9.17, 15) is 14.7 Å². The van der Waals surface area contributed by atoms with Gasteiger partial charge in [0, 0.05) is 6.42 Å². The van der Waals surface area contributed by atoms with Crippen LogP contribution in [0.15, 0.2) is 12.2 Å². The molecule has 5 heteroatoms. The molecule has 2 atom stereocenters. The van der Waals surface area contributed by atoms with E-state index < -0.39 is 12.0 Å². The summed E-state index contributed by atoms with van der Waals surface area (Å²) in [7, 11) is 5.58. The molecule has 0 bridgehead atoms. The number of carboxylic acids is 1. The molecule has 2 unspecified atom stereocenters. The molecular formula is C26H51N2O3+. The maximum Gasteiger partial charge on any atom is 0.364 e. The smallest absolute Gasteiger partial charge is 0.364 e. The number of nitrogens with one attached hydrogen (secondary N) is 1. The molecule has 1 amide bonds. The normalized spacial score (nSPS) is 14.0. The number of aliphatic carboxylic acids is 1. The second kappa shape index (κ2) is 18.2. The van der Waals surface area contributed by atoms with Gasteiger partial charge in [-0.25, -0.2) is 4.79 Å². The van der Waals surface area contributed by atoms with Gasteiger partial charge in [-0.1, -0.05) is 77.4 Å².